The first-order chi connectivity index (χ1) is 10.9. The summed E-state index contributed by atoms with van der Waals surface area (Å²) in [5, 5.41) is 2.64. The molecule has 0 unspecified atom stereocenters. The third-order valence-corrected chi connectivity index (χ3v) is 3.46. The van der Waals surface area contributed by atoms with Crippen LogP contribution in [0.3, 0.4) is 0 Å². The average molecular weight is 378 g/mol. The number of rotatable bonds is 5. The van der Waals surface area contributed by atoms with Crippen LogP contribution in [-0.4, -0.2) is 25.9 Å². The molecule has 1 aromatic heterocycles. The zero-order chi connectivity index (χ0) is 17.0. The van der Waals surface area contributed by atoms with Crippen LogP contribution in [0.15, 0.2) is 45.5 Å². The number of nitrogens with two attached hydrogens (primary N) is 1. The Morgan fingerprint density at radius 1 is 1.26 bits per heavy atom. The quantitative estimate of drug-likeness (QED) is 0.784. The first-order valence-corrected chi connectivity index (χ1v) is 7.51. The molecule has 23 heavy (non-hydrogen) atoms. The molecule has 2 rings (SSSR count). The minimum Gasteiger partial charge on any atom is -0.450 e. The van der Waals surface area contributed by atoms with E-state index in [9.17, 15) is 9.59 Å². The number of nitrogens with zero attached hydrogens (tertiary/aromatic N) is 1. The summed E-state index contributed by atoms with van der Waals surface area (Å²) in [6.07, 6.45) is 2.84. The van der Waals surface area contributed by atoms with Gasteiger partial charge in [-0.1, -0.05) is 0 Å². The first kappa shape index (κ1) is 16.8. The maximum absolute atomic E-state index is 12.0. The summed E-state index contributed by atoms with van der Waals surface area (Å²) in [6, 6.07) is 8.50. The van der Waals surface area contributed by atoms with Crippen molar-refractivity contribution in [2.24, 2.45) is 5.73 Å². The minimum atomic E-state index is -0.608. The molecule has 0 aliphatic carbocycles. The Bertz CT molecular complexity index is 766. The lowest BCUT2D eigenvalue weighted by molar-refractivity contribution is -0.111. The standard InChI is InChI=1S/C16H16BrN3O3/c1-20(2)10-3-6-13(12(9-10)16(18)22)19-15(21)8-5-11-4-7-14(17)23-11/h3-9H,1-2H3,(H2,18,22)(H,19,21)/b8-5+. The number of anilines is 2. The summed E-state index contributed by atoms with van der Waals surface area (Å²) in [5.41, 5.74) is 6.80. The van der Waals surface area contributed by atoms with E-state index in [4.69, 9.17) is 10.2 Å². The SMILES string of the molecule is CN(C)c1ccc(NC(=O)/C=C/c2ccc(Br)o2)c(C(N)=O)c1. The summed E-state index contributed by atoms with van der Waals surface area (Å²) in [4.78, 5) is 25.4. The zero-order valence-electron chi connectivity index (χ0n) is 12.7. The lowest BCUT2D eigenvalue weighted by Gasteiger charge is -2.15. The van der Waals surface area contributed by atoms with Crippen molar-refractivity contribution in [3.63, 3.8) is 0 Å². The fourth-order valence-corrected chi connectivity index (χ4v) is 2.19. The molecular weight excluding hydrogens is 362 g/mol. The molecule has 0 spiro atoms. The molecular formula is C16H16BrN3O3. The molecule has 0 saturated carbocycles. The molecule has 2 aromatic rings. The number of primary amides is 1. The van der Waals surface area contributed by atoms with Gasteiger partial charge in [-0.05, 0) is 52.3 Å². The second-order valence-electron chi connectivity index (χ2n) is 4.95. The summed E-state index contributed by atoms with van der Waals surface area (Å²) in [5.74, 6) is -0.467. The maximum atomic E-state index is 12.0. The van der Waals surface area contributed by atoms with Gasteiger partial charge < -0.3 is 20.4 Å². The first-order valence-electron chi connectivity index (χ1n) is 6.72. The van der Waals surface area contributed by atoms with Crippen LogP contribution >= 0.6 is 15.9 Å². The lowest BCUT2D eigenvalue weighted by Crippen LogP contribution is -2.18. The zero-order valence-corrected chi connectivity index (χ0v) is 14.3. The Morgan fingerprint density at radius 3 is 2.57 bits per heavy atom. The van der Waals surface area contributed by atoms with Gasteiger partial charge in [0.1, 0.15) is 5.76 Å². The van der Waals surface area contributed by atoms with Gasteiger partial charge in [-0.25, -0.2) is 0 Å². The molecule has 1 aromatic carbocycles. The lowest BCUT2D eigenvalue weighted by atomic mass is 10.1. The predicted molar refractivity (Wildman–Crippen MR) is 93.4 cm³/mol. The normalized spacial score (nSPS) is 10.7. The van der Waals surface area contributed by atoms with Gasteiger partial charge >= 0.3 is 0 Å². The number of nitrogens with one attached hydrogen (secondary N) is 1. The number of hydrogen-bond acceptors (Lipinski definition) is 4. The summed E-state index contributed by atoms with van der Waals surface area (Å²) in [6.45, 7) is 0. The Labute approximate surface area is 142 Å². The molecule has 120 valence electrons. The number of carbonyl (C=O) groups excluding carboxylic acids is 2. The van der Waals surface area contributed by atoms with Crippen LogP contribution in [0.2, 0.25) is 0 Å². The van der Waals surface area contributed by atoms with Crippen molar-refractivity contribution in [1.29, 1.82) is 0 Å². The van der Waals surface area contributed by atoms with Crippen molar-refractivity contribution in [2.45, 2.75) is 0 Å². The summed E-state index contributed by atoms with van der Waals surface area (Å²) < 4.78 is 5.84. The highest BCUT2D eigenvalue weighted by molar-refractivity contribution is 9.10. The van der Waals surface area contributed by atoms with E-state index >= 15 is 0 Å². The average Bonchev–Trinajstić information content (AvgIpc) is 2.90. The topological polar surface area (TPSA) is 88.6 Å². The van der Waals surface area contributed by atoms with Gasteiger partial charge in [0.05, 0.1) is 11.3 Å². The largest absolute Gasteiger partial charge is 0.450 e. The van der Waals surface area contributed by atoms with Crippen molar-refractivity contribution in [3.8, 4) is 0 Å². The maximum Gasteiger partial charge on any atom is 0.250 e. The number of amides is 2. The van der Waals surface area contributed by atoms with Crippen LogP contribution in [0.25, 0.3) is 6.08 Å². The molecule has 0 aliphatic heterocycles. The molecule has 0 aliphatic rings. The molecule has 0 atom stereocenters. The number of halogens is 1. The van der Waals surface area contributed by atoms with Crippen molar-refractivity contribution >= 4 is 45.2 Å². The number of hydrogen-bond donors (Lipinski definition) is 2. The van der Waals surface area contributed by atoms with Crippen molar-refractivity contribution in [2.75, 3.05) is 24.3 Å². The Balaban J connectivity index is 2.17. The van der Waals surface area contributed by atoms with Gasteiger partial charge in [-0.2, -0.15) is 0 Å². The molecule has 0 bridgehead atoms. The van der Waals surface area contributed by atoms with Crippen LogP contribution in [0.4, 0.5) is 11.4 Å². The van der Waals surface area contributed by atoms with Gasteiger partial charge in [0.2, 0.25) is 5.91 Å². The molecule has 2 amide bonds. The van der Waals surface area contributed by atoms with Crippen LogP contribution < -0.4 is 16.0 Å². The minimum absolute atomic E-state index is 0.249. The third kappa shape index (κ3) is 4.46. The highest BCUT2D eigenvalue weighted by Crippen LogP contribution is 2.22. The van der Waals surface area contributed by atoms with Crippen LogP contribution in [0.5, 0.6) is 0 Å². The molecule has 3 N–H and O–H groups in total. The Morgan fingerprint density at radius 2 is 2.00 bits per heavy atom. The van der Waals surface area contributed by atoms with Crippen molar-refractivity contribution in [3.05, 3.63) is 52.4 Å². The molecule has 0 radical (unpaired) electrons. The summed E-state index contributed by atoms with van der Waals surface area (Å²) in [7, 11) is 3.70. The number of furan rings is 1. The van der Waals surface area contributed by atoms with E-state index < -0.39 is 11.8 Å². The van der Waals surface area contributed by atoms with E-state index in [0.29, 0.717) is 16.1 Å². The van der Waals surface area contributed by atoms with Crippen molar-refractivity contribution < 1.29 is 14.0 Å². The van der Waals surface area contributed by atoms with E-state index in [2.05, 4.69) is 21.2 Å². The van der Waals surface area contributed by atoms with Crippen LogP contribution in [0.1, 0.15) is 16.1 Å². The van der Waals surface area contributed by atoms with Gasteiger partial charge in [-0.3, -0.25) is 9.59 Å². The van der Waals surface area contributed by atoms with Gasteiger partial charge in [0.25, 0.3) is 5.91 Å². The van der Waals surface area contributed by atoms with Gasteiger partial charge in [-0.15, -0.1) is 0 Å². The van der Waals surface area contributed by atoms with Crippen LogP contribution in [0, 0.1) is 0 Å². The monoisotopic (exact) mass is 377 g/mol. The van der Waals surface area contributed by atoms with E-state index in [0.717, 1.165) is 5.69 Å². The molecule has 0 saturated heterocycles. The van der Waals surface area contributed by atoms with E-state index in [1.165, 1.54) is 12.2 Å². The third-order valence-electron chi connectivity index (χ3n) is 3.04. The van der Waals surface area contributed by atoms with Gasteiger partial charge in [0, 0.05) is 25.9 Å². The van der Waals surface area contributed by atoms with Gasteiger partial charge in [0.15, 0.2) is 4.67 Å². The molecule has 7 heteroatoms. The second kappa shape index (κ2) is 7.15. The Hall–Kier alpha value is -2.54. The fraction of sp³-hybridized carbons (Fsp3) is 0.125. The second-order valence-corrected chi connectivity index (χ2v) is 5.73. The van der Waals surface area contributed by atoms with Crippen molar-refractivity contribution in [1.82, 2.24) is 0 Å². The smallest absolute Gasteiger partial charge is 0.250 e. The number of carbonyl (C=O) groups is 2. The van der Waals surface area contributed by atoms with Crippen LogP contribution in [-0.2, 0) is 4.79 Å². The van der Waals surface area contributed by atoms with E-state index in [1.807, 2.05) is 19.0 Å². The molecule has 6 nitrogen and oxygen atoms in total. The predicted octanol–water partition coefficient (Wildman–Crippen LogP) is 2.86. The number of benzene rings is 1. The fourth-order valence-electron chi connectivity index (χ4n) is 1.87. The highest BCUT2D eigenvalue weighted by Gasteiger charge is 2.12. The van der Waals surface area contributed by atoms with E-state index in [1.54, 1.807) is 30.3 Å². The van der Waals surface area contributed by atoms with E-state index in [-0.39, 0.29) is 5.56 Å². The highest BCUT2D eigenvalue weighted by atomic mass is 79.9. The summed E-state index contributed by atoms with van der Waals surface area (Å²) >= 11 is 3.18. The Kier molecular flexibility index (Phi) is 5.23. The molecule has 0 fully saturated rings. The molecule has 1 heterocycles.